The predicted molar refractivity (Wildman–Crippen MR) is 104 cm³/mol. The molecule has 1 aromatic heterocycles. The maximum absolute atomic E-state index is 6.11. The molecular weight excluding hydrogens is 331 g/mol. The van der Waals surface area contributed by atoms with Crippen molar-refractivity contribution in [2.45, 2.75) is 25.2 Å². The summed E-state index contributed by atoms with van der Waals surface area (Å²) < 4.78 is 2.25. The molecule has 0 radical (unpaired) electrons. The second-order valence-corrected chi connectivity index (χ2v) is 7.68. The molecule has 3 aromatic rings. The van der Waals surface area contributed by atoms with Gasteiger partial charge in [0.1, 0.15) is 19.5 Å². The summed E-state index contributed by atoms with van der Waals surface area (Å²) in [6, 6.07) is 14.7. The van der Waals surface area contributed by atoms with E-state index in [9.17, 15) is 0 Å². The van der Waals surface area contributed by atoms with E-state index in [2.05, 4.69) is 57.8 Å². The molecule has 124 valence electrons. The molecule has 6 heteroatoms. The van der Waals surface area contributed by atoms with Gasteiger partial charge in [0.2, 0.25) is 0 Å². The number of anilines is 2. The van der Waals surface area contributed by atoms with Crippen molar-refractivity contribution in [1.29, 1.82) is 0 Å². The SMILES string of the molecule is Bc1ccc2c(c1)N(c1ccc(Cl)cc1)CC1(CC1)c1nnc(C)n1-2. The van der Waals surface area contributed by atoms with Crippen molar-refractivity contribution in [3.63, 3.8) is 0 Å². The molecule has 4 nitrogen and oxygen atoms in total. The van der Waals surface area contributed by atoms with E-state index >= 15 is 0 Å². The molecule has 25 heavy (non-hydrogen) atoms. The topological polar surface area (TPSA) is 34.0 Å². The number of hydrogen-bond donors (Lipinski definition) is 0. The first-order valence-electron chi connectivity index (χ1n) is 8.64. The summed E-state index contributed by atoms with van der Waals surface area (Å²) in [6.45, 7) is 2.96. The Labute approximate surface area is 152 Å². The fraction of sp³-hybridized carbons (Fsp3) is 0.263. The molecule has 2 aromatic carbocycles. The largest absolute Gasteiger partial charge is 0.339 e. The quantitative estimate of drug-likeness (QED) is 0.634. The third-order valence-electron chi connectivity index (χ3n) is 5.41. The molecule has 0 unspecified atom stereocenters. The summed E-state index contributed by atoms with van der Waals surface area (Å²) in [5.41, 5.74) is 4.86. The highest BCUT2D eigenvalue weighted by atomic mass is 35.5. The molecule has 1 aliphatic carbocycles. The Morgan fingerprint density at radius 2 is 1.80 bits per heavy atom. The standard InChI is InChI=1S/C19H18BClN4/c1-12-22-23-18-19(8-9-19)11-24(15-5-3-14(21)4-6-15)17-10-13(20)2-7-16(17)25(12)18/h2-7,10H,8-9,11,20H2,1H3. The van der Waals surface area contributed by atoms with E-state index in [0.29, 0.717) is 0 Å². The van der Waals surface area contributed by atoms with E-state index in [1.54, 1.807) is 0 Å². The summed E-state index contributed by atoms with van der Waals surface area (Å²) in [6.07, 6.45) is 2.31. The van der Waals surface area contributed by atoms with Gasteiger partial charge in [0.25, 0.3) is 0 Å². The second kappa shape index (κ2) is 5.12. The van der Waals surface area contributed by atoms with Gasteiger partial charge in [-0.1, -0.05) is 23.1 Å². The van der Waals surface area contributed by atoms with Gasteiger partial charge in [-0.2, -0.15) is 0 Å². The van der Waals surface area contributed by atoms with Gasteiger partial charge in [0, 0.05) is 22.7 Å². The van der Waals surface area contributed by atoms with Crippen molar-refractivity contribution in [2.75, 3.05) is 11.4 Å². The smallest absolute Gasteiger partial charge is 0.145 e. The molecule has 1 saturated carbocycles. The van der Waals surface area contributed by atoms with Crippen molar-refractivity contribution in [2.24, 2.45) is 0 Å². The molecule has 1 spiro atoms. The highest BCUT2D eigenvalue weighted by molar-refractivity contribution is 6.32. The number of benzene rings is 2. The highest BCUT2D eigenvalue weighted by Gasteiger charge is 2.52. The van der Waals surface area contributed by atoms with E-state index in [-0.39, 0.29) is 5.41 Å². The summed E-state index contributed by atoms with van der Waals surface area (Å²) in [7, 11) is 2.14. The molecule has 0 atom stereocenters. The van der Waals surface area contributed by atoms with Crippen LogP contribution in [0.25, 0.3) is 5.69 Å². The van der Waals surface area contributed by atoms with E-state index < -0.39 is 0 Å². The van der Waals surface area contributed by atoms with E-state index in [0.717, 1.165) is 41.7 Å². The lowest BCUT2D eigenvalue weighted by atomic mass is 9.95. The maximum Gasteiger partial charge on any atom is 0.145 e. The molecule has 0 amide bonds. The fourth-order valence-electron chi connectivity index (χ4n) is 3.88. The van der Waals surface area contributed by atoms with Crippen molar-refractivity contribution >= 4 is 36.3 Å². The normalized spacial score (nSPS) is 17.1. The van der Waals surface area contributed by atoms with Crippen molar-refractivity contribution in [1.82, 2.24) is 14.8 Å². The van der Waals surface area contributed by atoms with Crippen molar-refractivity contribution in [3.8, 4) is 5.69 Å². The average molecular weight is 349 g/mol. The molecule has 2 heterocycles. The van der Waals surface area contributed by atoms with Gasteiger partial charge < -0.3 is 4.90 Å². The number of hydrogen-bond acceptors (Lipinski definition) is 3. The zero-order chi connectivity index (χ0) is 17.2. The molecule has 0 bridgehead atoms. The molecule has 0 saturated heterocycles. The van der Waals surface area contributed by atoms with Crippen molar-refractivity contribution in [3.05, 3.63) is 59.1 Å². The minimum absolute atomic E-state index is 0.0911. The lowest BCUT2D eigenvalue weighted by molar-refractivity contribution is 0.635. The van der Waals surface area contributed by atoms with Crippen LogP contribution in [-0.2, 0) is 5.41 Å². The van der Waals surface area contributed by atoms with Crippen LogP contribution in [0.1, 0.15) is 24.5 Å². The molecule has 2 aliphatic rings. The van der Waals surface area contributed by atoms with Crippen LogP contribution < -0.4 is 10.4 Å². The first kappa shape index (κ1) is 15.0. The van der Waals surface area contributed by atoms with Crippen LogP contribution >= 0.6 is 11.6 Å². The highest BCUT2D eigenvalue weighted by Crippen LogP contribution is 2.52. The Morgan fingerprint density at radius 3 is 2.52 bits per heavy atom. The second-order valence-electron chi connectivity index (χ2n) is 7.24. The van der Waals surface area contributed by atoms with Crippen LogP contribution in [0, 0.1) is 6.92 Å². The van der Waals surface area contributed by atoms with Crippen LogP contribution in [-0.4, -0.2) is 29.2 Å². The zero-order valence-electron chi connectivity index (χ0n) is 14.3. The van der Waals surface area contributed by atoms with Crippen molar-refractivity contribution < 1.29 is 0 Å². The summed E-state index contributed by atoms with van der Waals surface area (Å²) in [4.78, 5) is 2.42. The van der Waals surface area contributed by atoms with E-state index in [4.69, 9.17) is 11.6 Å². The lowest BCUT2D eigenvalue weighted by Crippen LogP contribution is -2.28. The van der Waals surface area contributed by atoms with Crippen LogP contribution in [0.4, 0.5) is 11.4 Å². The monoisotopic (exact) mass is 348 g/mol. The van der Waals surface area contributed by atoms with E-state index in [1.165, 1.54) is 16.8 Å². The van der Waals surface area contributed by atoms with Crippen LogP contribution in [0.5, 0.6) is 0 Å². The Bertz CT molecular complexity index is 976. The first-order chi connectivity index (χ1) is 12.1. The van der Waals surface area contributed by atoms with Crippen LogP contribution in [0.15, 0.2) is 42.5 Å². The number of aryl methyl sites for hydroxylation is 1. The Morgan fingerprint density at radius 1 is 1.04 bits per heavy atom. The number of rotatable bonds is 1. The molecule has 5 rings (SSSR count). The number of nitrogens with zero attached hydrogens (tertiary/aromatic N) is 4. The number of fused-ring (bicyclic) bond motifs is 4. The van der Waals surface area contributed by atoms with Gasteiger partial charge in [-0.25, -0.2) is 0 Å². The summed E-state index contributed by atoms with van der Waals surface area (Å²) in [5, 5.41) is 9.70. The zero-order valence-corrected chi connectivity index (χ0v) is 15.1. The first-order valence-corrected chi connectivity index (χ1v) is 9.02. The number of halogens is 1. The summed E-state index contributed by atoms with van der Waals surface area (Å²) >= 11 is 6.11. The minimum Gasteiger partial charge on any atom is -0.339 e. The van der Waals surface area contributed by atoms with Crippen LogP contribution in [0.2, 0.25) is 5.02 Å². The molecule has 1 aliphatic heterocycles. The Hall–Kier alpha value is -2.27. The Kier molecular flexibility index (Phi) is 3.08. The average Bonchev–Trinajstić information content (AvgIpc) is 3.30. The van der Waals surface area contributed by atoms with E-state index in [1.807, 2.05) is 19.1 Å². The fourth-order valence-corrected chi connectivity index (χ4v) is 4.00. The van der Waals surface area contributed by atoms with Gasteiger partial charge in [-0.05, 0) is 56.2 Å². The molecular formula is C19H18BClN4. The maximum atomic E-state index is 6.11. The number of aromatic nitrogens is 3. The predicted octanol–water partition coefficient (Wildman–Crippen LogP) is 2.67. The molecule has 1 fully saturated rings. The van der Waals surface area contributed by atoms with Gasteiger partial charge in [-0.15, -0.1) is 10.2 Å². The minimum atomic E-state index is 0.0911. The molecule has 0 N–H and O–H groups in total. The van der Waals surface area contributed by atoms with Gasteiger partial charge in [0.05, 0.1) is 11.4 Å². The Balaban J connectivity index is 1.78. The third kappa shape index (κ3) is 2.22. The van der Waals surface area contributed by atoms with Crippen LogP contribution in [0.3, 0.4) is 0 Å². The van der Waals surface area contributed by atoms with Gasteiger partial charge in [0.15, 0.2) is 0 Å². The lowest BCUT2D eigenvalue weighted by Gasteiger charge is -2.27. The van der Waals surface area contributed by atoms with Gasteiger partial charge in [-0.3, -0.25) is 4.57 Å². The summed E-state index contributed by atoms with van der Waals surface area (Å²) in [5.74, 6) is 2.05. The third-order valence-corrected chi connectivity index (χ3v) is 5.67. The van der Waals surface area contributed by atoms with Gasteiger partial charge >= 0.3 is 0 Å².